The lowest BCUT2D eigenvalue weighted by molar-refractivity contribution is 0.433. The molecule has 0 fully saturated rings. The van der Waals surface area contributed by atoms with Gasteiger partial charge in [-0.25, -0.2) is 0 Å². The summed E-state index contributed by atoms with van der Waals surface area (Å²) in [5.41, 5.74) is 0.496. The molecule has 0 saturated carbocycles. The number of aromatic nitrogens is 2. The van der Waals surface area contributed by atoms with E-state index < -0.39 is 10.1 Å². The molecular weight excluding hydrogens is 348 g/mol. The highest BCUT2D eigenvalue weighted by molar-refractivity contribution is 7.89. The fourth-order valence-corrected chi connectivity index (χ4v) is 4.39. The molecule has 0 aliphatic carbocycles. The van der Waals surface area contributed by atoms with E-state index in [1.807, 2.05) is 12.1 Å². The van der Waals surface area contributed by atoms with Gasteiger partial charge in [-0.15, -0.1) is 11.3 Å². The minimum atomic E-state index is -3.96. The minimum Gasteiger partial charge on any atom is -0.376 e. The van der Waals surface area contributed by atoms with Crippen LogP contribution in [-0.4, -0.2) is 18.6 Å². The topological polar surface area (TPSA) is 82.3 Å². The summed E-state index contributed by atoms with van der Waals surface area (Å²) >= 11 is 1.06. The van der Waals surface area contributed by atoms with E-state index in [1.165, 1.54) is 12.3 Å². The third kappa shape index (κ3) is 2.66. The van der Waals surface area contributed by atoms with E-state index in [4.69, 9.17) is 8.71 Å². The lowest BCUT2D eigenvalue weighted by Gasteiger charge is -2.07. The highest BCUT2D eigenvalue weighted by Crippen LogP contribution is 2.33. The van der Waals surface area contributed by atoms with E-state index in [0.717, 1.165) is 16.7 Å². The van der Waals surface area contributed by atoms with Gasteiger partial charge in [0.2, 0.25) is 0 Å². The van der Waals surface area contributed by atoms with Crippen LogP contribution in [-0.2, 0) is 10.1 Å². The Morgan fingerprint density at radius 2 is 1.88 bits per heavy atom. The van der Waals surface area contributed by atoms with Crippen molar-refractivity contribution in [1.82, 2.24) is 10.1 Å². The van der Waals surface area contributed by atoms with Crippen molar-refractivity contribution in [2.75, 3.05) is 0 Å². The summed E-state index contributed by atoms with van der Waals surface area (Å²) in [4.78, 5) is 4.85. The molecule has 0 N–H and O–H groups in total. The summed E-state index contributed by atoms with van der Waals surface area (Å²) in [7, 11) is -3.96. The third-order valence-corrected chi connectivity index (χ3v) is 6.09. The normalized spacial score (nSPS) is 11.7. The average Bonchev–Trinajstić information content (AvgIpc) is 3.26. The maximum atomic E-state index is 12.5. The monoisotopic (exact) mass is 358 g/mol. The second-order valence-corrected chi connectivity index (χ2v) is 7.72. The van der Waals surface area contributed by atoms with Crippen LogP contribution in [0.1, 0.15) is 0 Å². The minimum absolute atomic E-state index is 0.0850. The molecule has 0 aliphatic rings. The van der Waals surface area contributed by atoms with Crippen LogP contribution < -0.4 is 4.18 Å². The van der Waals surface area contributed by atoms with Gasteiger partial charge in [0.15, 0.2) is 15.7 Å². The smallest absolute Gasteiger partial charge is 0.348 e. The fourth-order valence-electron chi connectivity index (χ4n) is 2.23. The Morgan fingerprint density at radius 1 is 1.00 bits per heavy atom. The molecule has 8 heteroatoms. The van der Waals surface area contributed by atoms with Crippen LogP contribution in [0.15, 0.2) is 69.7 Å². The zero-order valence-corrected chi connectivity index (χ0v) is 13.8. The van der Waals surface area contributed by atoms with Crippen molar-refractivity contribution >= 4 is 32.4 Å². The van der Waals surface area contributed by atoms with Gasteiger partial charge in [0.1, 0.15) is 5.52 Å². The quantitative estimate of drug-likeness (QED) is 0.517. The fraction of sp³-hybridized carbons (Fsp3) is 0. The third-order valence-electron chi connectivity index (χ3n) is 3.30. The maximum Gasteiger partial charge on any atom is 0.348 e. The molecule has 1 aromatic carbocycles. The predicted molar refractivity (Wildman–Crippen MR) is 89.4 cm³/mol. The number of nitrogens with zero attached hydrogens (tertiary/aromatic N) is 2. The Balaban J connectivity index is 1.71. The highest BCUT2D eigenvalue weighted by atomic mass is 32.3. The molecule has 24 heavy (non-hydrogen) atoms. The van der Waals surface area contributed by atoms with Crippen LogP contribution in [0.4, 0.5) is 0 Å². The van der Waals surface area contributed by atoms with Crippen molar-refractivity contribution < 1.29 is 17.1 Å². The van der Waals surface area contributed by atoms with Gasteiger partial charge in [-0.1, -0.05) is 23.4 Å². The van der Waals surface area contributed by atoms with E-state index in [9.17, 15) is 8.42 Å². The van der Waals surface area contributed by atoms with Crippen LogP contribution in [0.3, 0.4) is 0 Å². The summed E-state index contributed by atoms with van der Waals surface area (Å²) < 4.78 is 35.5. The summed E-state index contributed by atoms with van der Waals surface area (Å²) in [5, 5.41) is 4.42. The van der Waals surface area contributed by atoms with Crippen molar-refractivity contribution in [3.05, 3.63) is 60.9 Å². The van der Waals surface area contributed by atoms with Gasteiger partial charge >= 0.3 is 10.1 Å². The van der Waals surface area contributed by atoms with Crippen molar-refractivity contribution in [2.45, 2.75) is 4.21 Å². The van der Waals surface area contributed by atoms with Crippen LogP contribution in [0.5, 0.6) is 5.75 Å². The van der Waals surface area contributed by atoms with Gasteiger partial charge in [0, 0.05) is 17.6 Å². The van der Waals surface area contributed by atoms with E-state index in [2.05, 4.69) is 10.1 Å². The van der Waals surface area contributed by atoms with E-state index in [0.29, 0.717) is 16.2 Å². The first kappa shape index (κ1) is 14.9. The number of hydrogen-bond acceptors (Lipinski definition) is 7. The van der Waals surface area contributed by atoms with E-state index in [1.54, 1.807) is 36.5 Å². The van der Waals surface area contributed by atoms with Gasteiger partial charge in [0.25, 0.3) is 0 Å². The van der Waals surface area contributed by atoms with Gasteiger partial charge in [-0.3, -0.25) is 4.98 Å². The second-order valence-electron chi connectivity index (χ2n) is 4.86. The largest absolute Gasteiger partial charge is 0.376 e. The Morgan fingerprint density at radius 3 is 2.71 bits per heavy atom. The zero-order valence-electron chi connectivity index (χ0n) is 12.1. The number of fused-ring (bicyclic) bond motifs is 1. The number of rotatable bonds is 4. The van der Waals surface area contributed by atoms with Crippen LogP contribution >= 0.6 is 11.3 Å². The van der Waals surface area contributed by atoms with E-state index in [-0.39, 0.29) is 9.96 Å². The standard InChI is InChI=1S/C16H10N2O4S2/c19-24(20,15-7-6-14(23-15)12-8-10-18-21-12)22-13-5-1-3-11-4-2-9-17-16(11)13/h1-10H. The Hall–Kier alpha value is -2.71. The molecule has 4 aromatic rings. The number of thiophene rings is 1. The summed E-state index contributed by atoms with van der Waals surface area (Å²) in [5.74, 6) is 0.705. The molecule has 3 aromatic heterocycles. The van der Waals surface area contributed by atoms with Crippen molar-refractivity contribution in [2.24, 2.45) is 0 Å². The molecule has 0 radical (unpaired) electrons. The zero-order chi connectivity index (χ0) is 16.6. The molecule has 0 amide bonds. The first-order valence-electron chi connectivity index (χ1n) is 6.93. The van der Waals surface area contributed by atoms with Gasteiger partial charge in [-0.05, 0) is 24.3 Å². The summed E-state index contributed by atoms with van der Waals surface area (Å²) in [6.45, 7) is 0. The van der Waals surface area contributed by atoms with Crippen molar-refractivity contribution in [3.8, 4) is 16.4 Å². The Labute approximate surface area is 141 Å². The molecule has 120 valence electrons. The van der Waals surface area contributed by atoms with Gasteiger partial charge in [-0.2, -0.15) is 8.42 Å². The Kier molecular flexibility index (Phi) is 3.55. The Bertz CT molecular complexity index is 1100. The highest BCUT2D eigenvalue weighted by Gasteiger charge is 2.22. The molecule has 3 heterocycles. The lowest BCUT2D eigenvalue weighted by Crippen LogP contribution is -2.08. The number of para-hydroxylation sites is 1. The van der Waals surface area contributed by atoms with Gasteiger partial charge < -0.3 is 8.71 Å². The second kappa shape index (κ2) is 5.73. The first-order valence-corrected chi connectivity index (χ1v) is 9.15. The summed E-state index contributed by atoms with van der Waals surface area (Å²) in [6.07, 6.45) is 3.09. The van der Waals surface area contributed by atoms with Gasteiger partial charge in [0.05, 0.1) is 11.1 Å². The van der Waals surface area contributed by atoms with Crippen LogP contribution in [0.2, 0.25) is 0 Å². The molecular formula is C16H10N2O4S2. The van der Waals surface area contributed by atoms with E-state index >= 15 is 0 Å². The molecule has 0 spiro atoms. The molecule has 0 bridgehead atoms. The predicted octanol–water partition coefficient (Wildman–Crippen LogP) is 3.72. The molecule has 0 atom stereocenters. The van der Waals surface area contributed by atoms with Crippen LogP contribution in [0, 0.1) is 0 Å². The SMILES string of the molecule is O=S(=O)(Oc1cccc2cccnc12)c1ccc(-c2ccno2)s1. The first-order chi connectivity index (χ1) is 11.6. The van der Waals surface area contributed by atoms with Crippen molar-refractivity contribution in [1.29, 1.82) is 0 Å². The number of pyridine rings is 1. The number of hydrogen-bond donors (Lipinski definition) is 0. The molecule has 6 nitrogen and oxygen atoms in total. The number of benzene rings is 1. The summed E-state index contributed by atoms with van der Waals surface area (Å²) in [6, 6.07) is 13.6. The lowest BCUT2D eigenvalue weighted by atomic mass is 10.2. The average molecular weight is 358 g/mol. The van der Waals surface area contributed by atoms with Crippen molar-refractivity contribution in [3.63, 3.8) is 0 Å². The molecule has 0 unspecified atom stereocenters. The molecule has 0 aliphatic heterocycles. The molecule has 0 saturated heterocycles. The molecule has 4 rings (SSSR count). The van der Waals surface area contributed by atoms with Crippen LogP contribution in [0.25, 0.3) is 21.5 Å². The maximum absolute atomic E-state index is 12.5.